The lowest BCUT2D eigenvalue weighted by atomic mass is 10.1. The number of aryl methyl sites for hydroxylation is 1. The maximum Gasteiger partial charge on any atom is 0.261 e. The van der Waals surface area contributed by atoms with E-state index in [1.165, 1.54) is 24.3 Å². The summed E-state index contributed by atoms with van der Waals surface area (Å²) in [5.41, 5.74) is 0.845. The zero-order chi connectivity index (χ0) is 15.5. The van der Waals surface area contributed by atoms with Crippen molar-refractivity contribution in [1.82, 2.24) is 0 Å². The number of hydrogen-bond donors (Lipinski definition) is 2. The first-order valence-electron chi connectivity index (χ1n) is 6.52. The van der Waals surface area contributed by atoms with Crippen molar-refractivity contribution in [3.8, 4) is 5.75 Å². The number of phenolic OH excluding ortho intramolecular Hbond substituents is 1. The van der Waals surface area contributed by atoms with Crippen molar-refractivity contribution in [3.63, 3.8) is 0 Å². The minimum absolute atomic E-state index is 0.0647. The van der Waals surface area contributed by atoms with Crippen molar-refractivity contribution in [2.24, 2.45) is 0 Å². The molecule has 6 heteroatoms. The number of benzene rings is 2. The molecule has 0 heterocycles. The fraction of sp³-hybridized carbons (Fsp3) is 0.200. The van der Waals surface area contributed by atoms with Gasteiger partial charge in [-0.15, -0.1) is 0 Å². The molecule has 0 unspecified atom stereocenters. The Balaban J connectivity index is 2.25. The van der Waals surface area contributed by atoms with E-state index in [9.17, 15) is 12.8 Å². The monoisotopic (exact) mass is 309 g/mol. The van der Waals surface area contributed by atoms with Gasteiger partial charge in [0.15, 0.2) is 5.82 Å². The van der Waals surface area contributed by atoms with Gasteiger partial charge in [-0.2, -0.15) is 0 Å². The number of hydrogen-bond acceptors (Lipinski definition) is 3. The standard InChI is InChI=1S/C15H16FNO3S/c1-2-3-11-4-7-13(8-5-11)21(19,20)17-15-9-6-12(18)10-14(15)16/h4-10,17-18H,2-3H2,1H3. The molecule has 0 saturated heterocycles. The van der Waals surface area contributed by atoms with Crippen molar-refractivity contribution in [2.45, 2.75) is 24.7 Å². The van der Waals surface area contributed by atoms with Crippen molar-refractivity contribution < 1.29 is 17.9 Å². The number of aromatic hydroxyl groups is 1. The van der Waals surface area contributed by atoms with Gasteiger partial charge in [-0.1, -0.05) is 25.5 Å². The summed E-state index contributed by atoms with van der Waals surface area (Å²) in [6.07, 6.45) is 1.85. The van der Waals surface area contributed by atoms with E-state index in [4.69, 9.17) is 5.11 Å². The van der Waals surface area contributed by atoms with E-state index in [1.807, 2.05) is 6.92 Å². The smallest absolute Gasteiger partial charge is 0.261 e. The molecule has 0 fully saturated rings. The van der Waals surface area contributed by atoms with Gasteiger partial charge >= 0.3 is 0 Å². The summed E-state index contributed by atoms with van der Waals surface area (Å²) in [5.74, 6) is -1.10. The van der Waals surface area contributed by atoms with Gasteiger partial charge in [0.05, 0.1) is 10.6 Å². The number of nitrogens with one attached hydrogen (secondary N) is 1. The zero-order valence-corrected chi connectivity index (χ0v) is 12.3. The molecule has 2 aromatic carbocycles. The Kier molecular flexibility index (Phi) is 4.47. The third-order valence-corrected chi connectivity index (χ3v) is 4.35. The van der Waals surface area contributed by atoms with Gasteiger partial charge in [-0.05, 0) is 36.2 Å². The quantitative estimate of drug-likeness (QED) is 0.833. The van der Waals surface area contributed by atoms with Gasteiger partial charge < -0.3 is 5.11 Å². The van der Waals surface area contributed by atoms with Crippen molar-refractivity contribution in [1.29, 1.82) is 0 Å². The molecular formula is C15H16FNO3S. The molecule has 0 aromatic heterocycles. The van der Waals surface area contributed by atoms with E-state index in [2.05, 4.69) is 4.72 Å². The highest BCUT2D eigenvalue weighted by Crippen LogP contribution is 2.22. The number of phenols is 1. The molecular weight excluding hydrogens is 293 g/mol. The first-order chi connectivity index (χ1) is 9.92. The first-order valence-corrected chi connectivity index (χ1v) is 8.01. The van der Waals surface area contributed by atoms with Crippen LogP contribution in [0.2, 0.25) is 0 Å². The Morgan fingerprint density at radius 2 is 1.81 bits per heavy atom. The number of sulfonamides is 1. The van der Waals surface area contributed by atoms with Gasteiger partial charge in [0.25, 0.3) is 10.0 Å². The van der Waals surface area contributed by atoms with Crippen LogP contribution in [0.1, 0.15) is 18.9 Å². The predicted molar refractivity (Wildman–Crippen MR) is 79.3 cm³/mol. The summed E-state index contributed by atoms with van der Waals surface area (Å²) in [6, 6.07) is 9.70. The molecule has 2 aromatic rings. The normalized spacial score (nSPS) is 11.3. The third kappa shape index (κ3) is 3.72. The molecule has 0 bridgehead atoms. The Morgan fingerprint density at radius 3 is 2.38 bits per heavy atom. The maximum absolute atomic E-state index is 13.6. The average molecular weight is 309 g/mol. The summed E-state index contributed by atoms with van der Waals surface area (Å²) in [5, 5.41) is 9.12. The van der Waals surface area contributed by atoms with E-state index < -0.39 is 15.8 Å². The zero-order valence-electron chi connectivity index (χ0n) is 11.5. The van der Waals surface area contributed by atoms with E-state index >= 15 is 0 Å². The second-order valence-corrected chi connectivity index (χ2v) is 6.35. The minimum atomic E-state index is -3.85. The van der Waals surface area contributed by atoms with Crippen LogP contribution in [0.5, 0.6) is 5.75 Å². The molecule has 0 amide bonds. The van der Waals surface area contributed by atoms with Crippen LogP contribution < -0.4 is 4.72 Å². The van der Waals surface area contributed by atoms with E-state index in [-0.39, 0.29) is 16.3 Å². The maximum atomic E-state index is 13.6. The van der Waals surface area contributed by atoms with Crippen LogP contribution in [-0.2, 0) is 16.4 Å². The van der Waals surface area contributed by atoms with Gasteiger partial charge in [-0.3, -0.25) is 4.72 Å². The minimum Gasteiger partial charge on any atom is -0.508 e. The fourth-order valence-electron chi connectivity index (χ4n) is 1.91. The predicted octanol–water partition coefficient (Wildman–Crippen LogP) is 3.28. The molecule has 0 atom stereocenters. The van der Waals surface area contributed by atoms with Crippen molar-refractivity contribution in [3.05, 3.63) is 53.8 Å². The van der Waals surface area contributed by atoms with Gasteiger partial charge in [0, 0.05) is 6.07 Å². The summed E-state index contributed by atoms with van der Waals surface area (Å²) in [6.45, 7) is 2.04. The molecule has 0 spiro atoms. The summed E-state index contributed by atoms with van der Waals surface area (Å²) < 4.78 is 40.1. The highest BCUT2D eigenvalue weighted by atomic mass is 32.2. The topological polar surface area (TPSA) is 66.4 Å². The van der Waals surface area contributed by atoms with Crippen molar-refractivity contribution in [2.75, 3.05) is 4.72 Å². The lowest BCUT2D eigenvalue weighted by Crippen LogP contribution is -2.13. The number of rotatable bonds is 5. The molecule has 0 radical (unpaired) electrons. The highest BCUT2D eigenvalue weighted by molar-refractivity contribution is 7.92. The van der Waals surface area contributed by atoms with Crippen LogP contribution in [0.3, 0.4) is 0 Å². The average Bonchev–Trinajstić information content (AvgIpc) is 2.43. The lowest BCUT2D eigenvalue weighted by molar-refractivity contribution is 0.469. The molecule has 0 aliphatic rings. The SMILES string of the molecule is CCCc1ccc(S(=O)(=O)Nc2ccc(O)cc2F)cc1. The summed E-state index contributed by atoms with van der Waals surface area (Å²) in [4.78, 5) is 0.0647. The second-order valence-electron chi connectivity index (χ2n) is 4.66. The summed E-state index contributed by atoms with van der Waals surface area (Å²) >= 11 is 0. The molecule has 112 valence electrons. The lowest BCUT2D eigenvalue weighted by Gasteiger charge is -2.09. The van der Waals surface area contributed by atoms with E-state index in [0.29, 0.717) is 0 Å². The Morgan fingerprint density at radius 1 is 1.14 bits per heavy atom. The van der Waals surface area contributed by atoms with E-state index in [0.717, 1.165) is 24.5 Å². The van der Waals surface area contributed by atoms with Gasteiger partial charge in [-0.25, -0.2) is 12.8 Å². The Bertz CT molecular complexity index is 727. The Labute approximate surface area is 123 Å². The van der Waals surface area contributed by atoms with Crippen LogP contribution in [0, 0.1) is 5.82 Å². The van der Waals surface area contributed by atoms with Crippen molar-refractivity contribution >= 4 is 15.7 Å². The van der Waals surface area contributed by atoms with Crippen LogP contribution in [0.15, 0.2) is 47.4 Å². The van der Waals surface area contributed by atoms with Gasteiger partial charge in [0.1, 0.15) is 5.75 Å². The van der Waals surface area contributed by atoms with Crippen LogP contribution in [-0.4, -0.2) is 13.5 Å². The molecule has 2 rings (SSSR count). The number of anilines is 1. The third-order valence-electron chi connectivity index (χ3n) is 2.97. The Hall–Kier alpha value is -2.08. The highest BCUT2D eigenvalue weighted by Gasteiger charge is 2.16. The molecule has 4 nitrogen and oxygen atoms in total. The molecule has 21 heavy (non-hydrogen) atoms. The van der Waals surface area contributed by atoms with Crippen LogP contribution >= 0.6 is 0 Å². The molecule has 0 aliphatic heterocycles. The molecule has 0 aliphatic carbocycles. The number of halogens is 1. The summed E-state index contributed by atoms with van der Waals surface area (Å²) in [7, 11) is -3.85. The van der Waals surface area contributed by atoms with Crippen LogP contribution in [0.25, 0.3) is 0 Å². The van der Waals surface area contributed by atoms with Crippen LogP contribution in [0.4, 0.5) is 10.1 Å². The second kappa shape index (κ2) is 6.13. The largest absolute Gasteiger partial charge is 0.508 e. The molecule has 2 N–H and O–H groups in total. The van der Waals surface area contributed by atoms with Gasteiger partial charge in [0.2, 0.25) is 0 Å². The van der Waals surface area contributed by atoms with E-state index in [1.54, 1.807) is 12.1 Å². The first kappa shape index (κ1) is 15.3. The fourth-order valence-corrected chi connectivity index (χ4v) is 2.98. The molecule has 0 saturated carbocycles.